The molecule has 1 saturated heterocycles. The van der Waals surface area contributed by atoms with Crippen LogP contribution in [0.2, 0.25) is 0 Å². The number of aliphatic carboxylic acids is 1. The number of halogens is 1. The number of rotatable bonds is 4. The van der Waals surface area contributed by atoms with Crippen molar-refractivity contribution < 1.29 is 14.7 Å². The summed E-state index contributed by atoms with van der Waals surface area (Å²) in [6, 6.07) is 1.59. The maximum Gasteiger partial charge on any atom is 0.308 e. The van der Waals surface area contributed by atoms with Crippen LogP contribution in [0.15, 0.2) is 15.9 Å². The molecule has 1 aliphatic rings. The Labute approximate surface area is 137 Å². The summed E-state index contributed by atoms with van der Waals surface area (Å²) in [6.45, 7) is 4.70. The van der Waals surface area contributed by atoms with Crippen molar-refractivity contribution in [1.29, 1.82) is 0 Å². The van der Waals surface area contributed by atoms with Crippen LogP contribution in [0.25, 0.3) is 0 Å². The van der Waals surface area contributed by atoms with Crippen molar-refractivity contribution in [3.05, 3.63) is 20.8 Å². The molecule has 1 aliphatic heterocycles. The Morgan fingerprint density at radius 2 is 2.29 bits per heavy atom. The zero-order valence-electron chi connectivity index (χ0n) is 12.2. The van der Waals surface area contributed by atoms with E-state index in [-0.39, 0.29) is 11.9 Å². The highest BCUT2D eigenvalue weighted by atomic mass is 79.9. The van der Waals surface area contributed by atoms with Crippen molar-refractivity contribution in [3.8, 4) is 0 Å². The summed E-state index contributed by atoms with van der Waals surface area (Å²) >= 11 is 4.94. The molecule has 0 aliphatic carbocycles. The van der Waals surface area contributed by atoms with Crippen LogP contribution >= 0.6 is 27.3 Å². The lowest BCUT2D eigenvalue weighted by molar-refractivity contribution is -0.146. The van der Waals surface area contributed by atoms with Crippen LogP contribution in [0.1, 0.15) is 44.0 Å². The Morgan fingerprint density at radius 1 is 1.57 bits per heavy atom. The van der Waals surface area contributed by atoms with Crippen molar-refractivity contribution in [2.75, 3.05) is 6.54 Å². The number of hydrogen-bond acceptors (Lipinski definition) is 3. The van der Waals surface area contributed by atoms with Gasteiger partial charge in [-0.05, 0) is 40.8 Å². The van der Waals surface area contributed by atoms with E-state index in [1.54, 1.807) is 4.90 Å². The molecule has 0 radical (unpaired) electrons. The highest BCUT2D eigenvalue weighted by molar-refractivity contribution is 9.10. The molecule has 116 valence electrons. The van der Waals surface area contributed by atoms with E-state index in [0.717, 1.165) is 9.35 Å². The van der Waals surface area contributed by atoms with Crippen molar-refractivity contribution in [1.82, 2.24) is 4.90 Å². The van der Waals surface area contributed by atoms with E-state index in [1.807, 2.05) is 11.4 Å². The minimum atomic E-state index is -0.812. The number of nitrogens with zero attached hydrogens (tertiary/aromatic N) is 1. The summed E-state index contributed by atoms with van der Waals surface area (Å²) in [6.07, 6.45) is 1.64. The number of carbonyl (C=O) groups is 2. The summed E-state index contributed by atoms with van der Waals surface area (Å²) in [4.78, 5) is 26.9. The Kier molecular flexibility index (Phi) is 5.43. The molecular formula is C15H20BrNO3S. The first-order valence-electron chi connectivity index (χ1n) is 7.16. The standard InChI is InChI=1S/C15H20BrNO3S/c1-9(2)7-17-13(18)5-3-4-11(15(19)20)14(17)12-6-10(16)8-21-12/h6,8-9,11,14H,3-5,7H2,1-2H3,(H,19,20). The van der Waals surface area contributed by atoms with Crippen LogP contribution in [-0.2, 0) is 9.59 Å². The van der Waals surface area contributed by atoms with Crippen LogP contribution in [0, 0.1) is 11.8 Å². The molecule has 0 aromatic carbocycles. The fourth-order valence-corrected chi connectivity index (χ4v) is 4.47. The summed E-state index contributed by atoms with van der Waals surface area (Å²) in [5.74, 6) is -0.955. The van der Waals surface area contributed by atoms with Crippen molar-refractivity contribution in [2.45, 2.75) is 39.2 Å². The summed E-state index contributed by atoms with van der Waals surface area (Å²) in [5.41, 5.74) is 0. The van der Waals surface area contributed by atoms with Crippen molar-refractivity contribution >= 4 is 39.1 Å². The first-order valence-corrected chi connectivity index (χ1v) is 8.83. The number of carboxylic acid groups (broad SMARTS) is 1. The van der Waals surface area contributed by atoms with Crippen LogP contribution in [-0.4, -0.2) is 28.4 Å². The molecule has 2 atom stereocenters. The van der Waals surface area contributed by atoms with Crippen LogP contribution in [0.5, 0.6) is 0 Å². The van der Waals surface area contributed by atoms with E-state index in [4.69, 9.17) is 0 Å². The molecular weight excluding hydrogens is 354 g/mol. The normalized spacial score (nSPS) is 23.4. The third-order valence-corrected chi connectivity index (χ3v) is 5.47. The van der Waals surface area contributed by atoms with Gasteiger partial charge in [-0.1, -0.05) is 13.8 Å². The van der Waals surface area contributed by atoms with Crippen molar-refractivity contribution in [3.63, 3.8) is 0 Å². The Hall–Kier alpha value is -0.880. The number of carbonyl (C=O) groups excluding carboxylic acids is 1. The van der Waals surface area contributed by atoms with Gasteiger partial charge in [0, 0.05) is 27.7 Å². The summed E-state index contributed by atoms with van der Waals surface area (Å²) in [5, 5.41) is 11.5. The molecule has 0 saturated carbocycles. The molecule has 1 N–H and O–H groups in total. The molecule has 0 bridgehead atoms. The smallest absolute Gasteiger partial charge is 0.308 e. The Morgan fingerprint density at radius 3 is 2.81 bits per heavy atom. The molecule has 6 heteroatoms. The van der Waals surface area contributed by atoms with E-state index < -0.39 is 11.9 Å². The number of thiophene rings is 1. The van der Waals surface area contributed by atoms with Gasteiger partial charge in [-0.2, -0.15) is 0 Å². The maximum absolute atomic E-state index is 12.4. The van der Waals surface area contributed by atoms with Crippen LogP contribution in [0.3, 0.4) is 0 Å². The largest absolute Gasteiger partial charge is 0.481 e. The molecule has 2 unspecified atom stereocenters. The third kappa shape index (κ3) is 3.86. The SMILES string of the molecule is CC(C)CN1C(=O)CCCC(C(=O)O)C1c1cc(Br)cs1. The minimum Gasteiger partial charge on any atom is -0.481 e. The molecule has 2 heterocycles. The number of amides is 1. The van der Waals surface area contributed by atoms with E-state index in [9.17, 15) is 14.7 Å². The predicted octanol–water partition coefficient (Wildman–Crippen LogP) is 3.92. The Balaban J connectivity index is 2.43. The van der Waals surface area contributed by atoms with Crippen LogP contribution in [0.4, 0.5) is 0 Å². The van der Waals surface area contributed by atoms with E-state index >= 15 is 0 Å². The number of carboxylic acids is 1. The second-order valence-corrected chi connectivity index (χ2v) is 7.75. The molecule has 1 fully saturated rings. The summed E-state index contributed by atoms with van der Waals surface area (Å²) < 4.78 is 0.938. The van der Waals surface area contributed by atoms with Crippen molar-refractivity contribution in [2.24, 2.45) is 11.8 Å². The van der Waals surface area contributed by atoms with Gasteiger partial charge in [-0.3, -0.25) is 9.59 Å². The average molecular weight is 374 g/mol. The fraction of sp³-hybridized carbons (Fsp3) is 0.600. The first-order chi connectivity index (χ1) is 9.90. The molecule has 1 aromatic rings. The first kappa shape index (κ1) is 16.5. The lowest BCUT2D eigenvalue weighted by atomic mass is 9.93. The molecule has 21 heavy (non-hydrogen) atoms. The van der Waals surface area contributed by atoms with Gasteiger partial charge in [0.1, 0.15) is 0 Å². The molecule has 1 aromatic heterocycles. The van der Waals surface area contributed by atoms with Gasteiger partial charge in [0.05, 0.1) is 12.0 Å². The minimum absolute atomic E-state index is 0.0713. The van der Waals surface area contributed by atoms with E-state index in [2.05, 4.69) is 29.8 Å². The highest BCUT2D eigenvalue weighted by Crippen LogP contribution is 2.39. The van der Waals surface area contributed by atoms with E-state index in [0.29, 0.717) is 31.7 Å². The lowest BCUT2D eigenvalue weighted by Crippen LogP contribution is -2.40. The highest BCUT2D eigenvalue weighted by Gasteiger charge is 2.39. The second-order valence-electron chi connectivity index (χ2n) is 5.89. The zero-order valence-corrected chi connectivity index (χ0v) is 14.6. The topological polar surface area (TPSA) is 57.6 Å². The Bertz CT molecular complexity index is 529. The van der Waals surface area contributed by atoms with Gasteiger partial charge in [0.2, 0.25) is 5.91 Å². The van der Waals surface area contributed by atoms with Gasteiger partial charge < -0.3 is 10.0 Å². The molecule has 0 spiro atoms. The summed E-state index contributed by atoms with van der Waals surface area (Å²) in [7, 11) is 0. The molecule has 1 amide bonds. The zero-order chi connectivity index (χ0) is 15.6. The van der Waals surface area contributed by atoms with Gasteiger partial charge in [-0.15, -0.1) is 11.3 Å². The average Bonchev–Trinajstić information content (AvgIpc) is 2.74. The second kappa shape index (κ2) is 6.92. The third-order valence-electron chi connectivity index (χ3n) is 3.70. The molecule has 4 nitrogen and oxygen atoms in total. The molecule has 2 rings (SSSR count). The fourth-order valence-electron chi connectivity index (χ4n) is 2.85. The van der Waals surface area contributed by atoms with Gasteiger partial charge in [-0.25, -0.2) is 0 Å². The number of hydrogen-bond donors (Lipinski definition) is 1. The predicted molar refractivity (Wildman–Crippen MR) is 86.3 cm³/mol. The lowest BCUT2D eigenvalue weighted by Gasteiger charge is -2.34. The monoisotopic (exact) mass is 373 g/mol. The van der Waals surface area contributed by atoms with Gasteiger partial charge in [0.15, 0.2) is 0 Å². The van der Waals surface area contributed by atoms with Crippen LogP contribution < -0.4 is 0 Å². The van der Waals surface area contributed by atoms with Gasteiger partial charge >= 0.3 is 5.97 Å². The van der Waals surface area contributed by atoms with E-state index in [1.165, 1.54) is 11.3 Å². The van der Waals surface area contributed by atoms with Gasteiger partial charge in [0.25, 0.3) is 0 Å². The maximum atomic E-state index is 12.4. The number of likely N-dealkylation sites (tertiary alicyclic amines) is 1. The quantitative estimate of drug-likeness (QED) is 0.869.